The molecule has 0 radical (unpaired) electrons. The Morgan fingerprint density at radius 2 is 1.76 bits per heavy atom. The zero-order valence-electron chi connectivity index (χ0n) is 18.2. The molecule has 0 saturated carbocycles. The van der Waals surface area contributed by atoms with Crippen LogP contribution < -0.4 is 10.5 Å². The summed E-state index contributed by atoms with van der Waals surface area (Å²) in [6.07, 6.45) is 0.0258. The quantitative estimate of drug-likeness (QED) is 0.420. The summed E-state index contributed by atoms with van der Waals surface area (Å²) in [6, 6.07) is 13.9. The Bertz CT molecular complexity index is 1180. The van der Waals surface area contributed by atoms with Gasteiger partial charge in [-0.2, -0.15) is 0 Å². The van der Waals surface area contributed by atoms with E-state index in [0.717, 1.165) is 24.3 Å². The number of aromatic nitrogens is 2. The number of rotatable bonds is 6. The Morgan fingerprint density at radius 3 is 2.39 bits per heavy atom. The second kappa shape index (κ2) is 10.4. The van der Waals surface area contributed by atoms with Crippen LogP contribution in [-0.2, 0) is 17.0 Å². The van der Waals surface area contributed by atoms with Gasteiger partial charge in [-0.05, 0) is 48.9 Å². The first kappa shape index (κ1) is 23.3. The molecule has 172 valence electrons. The maximum Gasteiger partial charge on any atom is 0.255 e. The maximum absolute atomic E-state index is 13.0. The van der Waals surface area contributed by atoms with Crippen molar-refractivity contribution < 1.29 is 9.18 Å². The van der Waals surface area contributed by atoms with Crippen LogP contribution in [0, 0.1) is 12.7 Å². The minimum atomic E-state index is -0.294. The lowest BCUT2D eigenvalue weighted by Gasteiger charge is -2.36. The molecule has 1 aromatic heterocycles. The van der Waals surface area contributed by atoms with E-state index in [1.807, 2.05) is 24.3 Å². The molecule has 1 amide bonds. The van der Waals surface area contributed by atoms with E-state index in [1.54, 1.807) is 24.0 Å². The zero-order chi connectivity index (χ0) is 23.4. The SMILES string of the molecule is Cc1nc(SCc2ccc(F)cc2)[nH]c(=O)c1CC(=O)N1CCN(c2ccc(Cl)cc2)CC1. The highest BCUT2D eigenvalue weighted by atomic mass is 35.5. The molecule has 2 heterocycles. The smallest absolute Gasteiger partial charge is 0.255 e. The van der Waals surface area contributed by atoms with Crippen LogP contribution >= 0.6 is 23.4 Å². The van der Waals surface area contributed by atoms with Crippen LogP contribution in [0.2, 0.25) is 5.02 Å². The summed E-state index contributed by atoms with van der Waals surface area (Å²) in [4.78, 5) is 36.8. The van der Waals surface area contributed by atoms with Crippen LogP contribution in [0.5, 0.6) is 0 Å². The van der Waals surface area contributed by atoms with Crippen LogP contribution in [0.1, 0.15) is 16.8 Å². The number of carbonyl (C=O) groups is 1. The Labute approximate surface area is 200 Å². The summed E-state index contributed by atoms with van der Waals surface area (Å²) in [5, 5.41) is 1.18. The molecule has 1 aliphatic heterocycles. The van der Waals surface area contributed by atoms with Crippen molar-refractivity contribution >= 4 is 35.0 Å². The molecule has 9 heteroatoms. The lowest BCUT2D eigenvalue weighted by Crippen LogP contribution is -2.49. The van der Waals surface area contributed by atoms with Gasteiger partial charge in [0, 0.05) is 53.9 Å². The van der Waals surface area contributed by atoms with E-state index in [9.17, 15) is 14.0 Å². The van der Waals surface area contributed by atoms with Crippen molar-refractivity contribution in [1.82, 2.24) is 14.9 Å². The lowest BCUT2D eigenvalue weighted by atomic mass is 10.1. The summed E-state index contributed by atoms with van der Waals surface area (Å²) >= 11 is 7.32. The first-order valence-electron chi connectivity index (χ1n) is 10.6. The number of amides is 1. The zero-order valence-corrected chi connectivity index (χ0v) is 19.8. The monoisotopic (exact) mass is 486 g/mol. The standard InChI is InChI=1S/C24H24ClFN4O2S/c1-16-21(23(32)28-24(27-16)33-15-17-2-6-19(26)7-3-17)14-22(31)30-12-10-29(11-13-30)20-8-4-18(25)5-9-20/h2-9H,10-15H2,1H3,(H,27,28,32). The number of thioether (sulfide) groups is 1. The van der Waals surface area contributed by atoms with Crippen molar-refractivity contribution in [3.8, 4) is 0 Å². The van der Waals surface area contributed by atoms with E-state index in [2.05, 4.69) is 14.9 Å². The van der Waals surface area contributed by atoms with Gasteiger partial charge in [-0.15, -0.1) is 0 Å². The van der Waals surface area contributed by atoms with Crippen LogP contribution in [0.4, 0.5) is 10.1 Å². The van der Waals surface area contributed by atoms with E-state index in [4.69, 9.17) is 11.6 Å². The number of benzene rings is 2. The summed E-state index contributed by atoms with van der Waals surface area (Å²) < 4.78 is 13.0. The fourth-order valence-corrected chi connectivity index (χ4v) is 4.71. The van der Waals surface area contributed by atoms with E-state index in [-0.39, 0.29) is 23.7 Å². The number of aryl methyl sites for hydroxylation is 1. The normalized spacial score (nSPS) is 13.9. The van der Waals surface area contributed by atoms with E-state index in [0.29, 0.717) is 40.3 Å². The molecule has 1 N–H and O–H groups in total. The van der Waals surface area contributed by atoms with Gasteiger partial charge in [-0.1, -0.05) is 35.5 Å². The predicted octanol–water partition coefficient (Wildman–Crippen LogP) is 4.05. The fraction of sp³-hybridized carbons (Fsp3) is 0.292. The minimum absolute atomic E-state index is 0.0258. The number of H-pyrrole nitrogens is 1. The molecule has 1 aliphatic rings. The molecule has 1 fully saturated rings. The first-order chi connectivity index (χ1) is 15.9. The molecule has 33 heavy (non-hydrogen) atoms. The number of carbonyl (C=O) groups excluding carboxylic acids is 1. The molecular formula is C24H24ClFN4O2S. The largest absolute Gasteiger partial charge is 0.368 e. The number of hydrogen-bond donors (Lipinski definition) is 1. The molecule has 0 atom stereocenters. The highest BCUT2D eigenvalue weighted by Crippen LogP contribution is 2.21. The number of hydrogen-bond acceptors (Lipinski definition) is 5. The van der Waals surface area contributed by atoms with Gasteiger partial charge in [0.05, 0.1) is 6.42 Å². The molecule has 0 unspecified atom stereocenters. The molecule has 6 nitrogen and oxygen atoms in total. The number of nitrogens with zero attached hydrogens (tertiary/aromatic N) is 3. The molecule has 2 aromatic carbocycles. The Morgan fingerprint density at radius 1 is 1.09 bits per heavy atom. The van der Waals surface area contributed by atoms with E-state index in [1.165, 1.54) is 23.9 Å². The topological polar surface area (TPSA) is 69.3 Å². The number of anilines is 1. The van der Waals surface area contributed by atoms with Gasteiger partial charge >= 0.3 is 0 Å². The lowest BCUT2D eigenvalue weighted by molar-refractivity contribution is -0.130. The summed E-state index contributed by atoms with van der Waals surface area (Å²) in [5.41, 5.74) is 2.66. The van der Waals surface area contributed by atoms with Crippen molar-refractivity contribution in [2.24, 2.45) is 0 Å². The number of halogens is 2. The van der Waals surface area contributed by atoms with Crippen molar-refractivity contribution in [2.75, 3.05) is 31.1 Å². The van der Waals surface area contributed by atoms with Crippen molar-refractivity contribution in [1.29, 1.82) is 0 Å². The Hall–Kier alpha value is -2.84. The van der Waals surface area contributed by atoms with Crippen LogP contribution in [0.15, 0.2) is 58.5 Å². The number of aromatic amines is 1. The van der Waals surface area contributed by atoms with Crippen LogP contribution in [0.3, 0.4) is 0 Å². The van der Waals surface area contributed by atoms with Gasteiger partial charge in [0.15, 0.2) is 5.16 Å². The summed E-state index contributed by atoms with van der Waals surface area (Å²) in [7, 11) is 0. The Kier molecular flexibility index (Phi) is 7.35. The van der Waals surface area contributed by atoms with E-state index >= 15 is 0 Å². The highest BCUT2D eigenvalue weighted by Gasteiger charge is 2.23. The first-order valence-corrected chi connectivity index (χ1v) is 12.0. The van der Waals surface area contributed by atoms with Crippen LogP contribution in [0.25, 0.3) is 0 Å². The van der Waals surface area contributed by atoms with Gasteiger partial charge in [-0.25, -0.2) is 9.37 Å². The Balaban J connectivity index is 1.34. The van der Waals surface area contributed by atoms with Crippen molar-refractivity contribution in [3.05, 3.63) is 86.5 Å². The fourth-order valence-electron chi connectivity index (χ4n) is 3.72. The second-order valence-electron chi connectivity index (χ2n) is 7.87. The molecular weight excluding hydrogens is 463 g/mol. The third-order valence-corrected chi connectivity index (χ3v) is 6.84. The predicted molar refractivity (Wildman–Crippen MR) is 130 cm³/mol. The molecule has 3 aromatic rings. The van der Waals surface area contributed by atoms with Gasteiger partial charge in [-0.3, -0.25) is 9.59 Å². The third kappa shape index (κ3) is 5.94. The van der Waals surface area contributed by atoms with Gasteiger partial charge < -0.3 is 14.8 Å². The molecule has 0 bridgehead atoms. The van der Waals surface area contributed by atoms with E-state index < -0.39 is 0 Å². The van der Waals surface area contributed by atoms with Crippen molar-refractivity contribution in [3.63, 3.8) is 0 Å². The van der Waals surface area contributed by atoms with Gasteiger partial charge in [0.1, 0.15) is 5.82 Å². The molecule has 4 rings (SSSR count). The van der Waals surface area contributed by atoms with Crippen molar-refractivity contribution in [2.45, 2.75) is 24.3 Å². The highest BCUT2D eigenvalue weighted by molar-refractivity contribution is 7.98. The minimum Gasteiger partial charge on any atom is -0.368 e. The third-order valence-electron chi connectivity index (χ3n) is 5.64. The van der Waals surface area contributed by atoms with Crippen LogP contribution in [-0.4, -0.2) is 47.0 Å². The second-order valence-corrected chi connectivity index (χ2v) is 9.27. The van der Waals surface area contributed by atoms with Gasteiger partial charge in [0.2, 0.25) is 5.91 Å². The van der Waals surface area contributed by atoms with Gasteiger partial charge in [0.25, 0.3) is 5.56 Å². The average Bonchev–Trinajstić information content (AvgIpc) is 2.81. The molecule has 0 aliphatic carbocycles. The maximum atomic E-state index is 13.0. The molecule has 1 saturated heterocycles. The average molecular weight is 487 g/mol. The molecule has 0 spiro atoms. The number of nitrogens with one attached hydrogen (secondary N) is 1. The summed E-state index contributed by atoms with van der Waals surface area (Å²) in [6.45, 7) is 4.38. The number of piperazine rings is 1. The summed E-state index contributed by atoms with van der Waals surface area (Å²) in [5.74, 6) is 0.193.